The highest BCUT2D eigenvalue weighted by molar-refractivity contribution is 6.55. The van der Waals surface area contributed by atoms with Crippen molar-refractivity contribution in [3.05, 3.63) is 131 Å². The molecule has 208 valence electrons. The van der Waals surface area contributed by atoms with E-state index in [0.29, 0.717) is 34.1 Å². The standard InChI is InChI=1S/C34H28Cl2O5/c1-34(2)28(21-29(35)36)30(34)33(38)41-32(23-12-10-18-27(20-23)40-25-15-7-4-8-16-25)31(37)22-11-9-17-26(19-22)39-24-13-5-3-6-14-24/h3-21,28,30,32H,1-2H3/t28-,30+,32-/m0/s1. The van der Waals surface area contributed by atoms with Gasteiger partial charge in [0.2, 0.25) is 5.78 Å². The Morgan fingerprint density at radius 3 is 1.85 bits per heavy atom. The van der Waals surface area contributed by atoms with Crippen molar-refractivity contribution in [1.82, 2.24) is 0 Å². The van der Waals surface area contributed by atoms with Crippen LogP contribution in [-0.4, -0.2) is 11.8 Å². The van der Waals surface area contributed by atoms with E-state index in [0.717, 1.165) is 0 Å². The molecule has 5 nitrogen and oxygen atoms in total. The molecule has 0 amide bonds. The summed E-state index contributed by atoms with van der Waals surface area (Å²) in [6, 6.07) is 32.4. The molecule has 0 spiro atoms. The van der Waals surface area contributed by atoms with E-state index >= 15 is 0 Å². The number of hydrogen-bond donors (Lipinski definition) is 0. The zero-order chi connectivity index (χ0) is 29.0. The van der Waals surface area contributed by atoms with E-state index in [4.69, 9.17) is 37.4 Å². The number of allylic oxidation sites excluding steroid dienone is 1. The average Bonchev–Trinajstić information content (AvgIpc) is 3.51. The van der Waals surface area contributed by atoms with Gasteiger partial charge >= 0.3 is 5.97 Å². The molecule has 0 aliphatic heterocycles. The van der Waals surface area contributed by atoms with Crippen molar-refractivity contribution < 1.29 is 23.8 Å². The van der Waals surface area contributed by atoms with Crippen molar-refractivity contribution in [3.63, 3.8) is 0 Å². The fourth-order valence-corrected chi connectivity index (χ4v) is 5.16. The van der Waals surface area contributed by atoms with Crippen LogP contribution in [0.2, 0.25) is 0 Å². The highest BCUT2D eigenvalue weighted by atomic mass is 35.5. The first-order valence-electron chi connectivity index (χ1n) is 13.2. The second kappa shape index (κ2) is 12.2. The van der Waals surface area contributed by atoms with Crippen molar-refractivity contribution in [2.24, 2.45) is 17.3 Å². The van der Waals surface area contributed by atoms with Crippen LogP contribution in [0.3, 0.4) is 0 Å². The van der Waals surface area contributed by atoms with Crippen molar-refractivity contribution in [1.29, 1.82) is 0 Å². The number of carbonyl (C=O) groups is 2. The Morgan fingerprint density at radius 2 is 1.27 bits per heavy atom. The molecule has 0 radical (unpaired) electrons. The summed E-state index contributed by atoms with van der Waals surface area (Å²) in [4.78, 5) is 27.5. The van der Waals surface area contributed by atoms with Crippen LogP contribution < -0.4 is 9.47 Å². The smallest absolute Gasteiger partial charge is 0.311 e. The minimum absolute atomic E-state index is 0.0898. The summed E-state index contributed by atoms with van der Waals surface area (Å²) < 4.78 is 18.0. The van der Waals surface area contributed by atoms with Gasteiger partial charge in [0.05, 0.1) is 5.92 Å². The van der Waals surface area contributed by atoms with Crippen LogP contribution >= 0.6 is 23.2 Å². The lowest BCUT2D eigenvalue weighted by Gasteiger charge is -2.19. The first kappa shape index (κ1) is 28.5. The highest BCUT2D eigenvalue weighted by Gasteiger charge is 2.62. The van der Waals surface area contributed by atoms with E-state index in [2.05, 4.69) is 0 Å². The predicted molar refractivity (Wildman–Crippen MR) is 160 cm³/mol. The number of para-hydroxylation sites is 2. The van der Waals surface area contributed by atoms with Crippen LogP contribution in [-0.2, 0) is 9.53 Å². The number of ether oxygens (including phenoxy) is 3. The molecule has 4 aromatic rings. The Balaban J connectivity index is 1.45. The van der Waals surface area contributed by atoms with Crippen LogP contribution in [0.1, 0.15) is 35.9 Å². The fraction of sp³-hybridized carbons (Fsp3) is 0.176. The fourth-order valence-electron chi connectivity index (χ4n) is 4.89. The zero-order valence-electron chi connectivity index (χ0n) is 22.5. The lowest BCUT2D eigenvalue weighted by molar-refractivity contribution is -0.150. The summed E-state index contributed by atoms with van der Waals surface area (Å²) in [5.74, 6) is 0.669. The first-order chi connectivity index (χ1) is 19.7. The van der Waals surface area contributed by atoms with Gasteiger partial charge in [-0.3, -0.25) is 9.59 Å². The summed E-state index contributed by atoms with van der Waals surface area (Å²) in [5.41, 5.74) is 0.398. The second-order valence-electron chi connectivity index (χ2n) is 10.4. The van der Waals surface area contributed by atoms with Crippen LogP contribution in [0.4, 0.5) is 0 Å². The molecule has 3 atom stereocenters. The molecule has 0 heterocycles. The summed E-state index contributed by atoms with van der Waals surface area (Å²) >= 11 is 11.8. The highest BCUT2D eigenvalue weighted by Crippen LogP contribution is 2.60. The van der Waals surface area contributed by atoms with Crippen LogP contribution in [0.15, 0.2) is 120 Å². The maximum Gasteiger partial charge on any atom is 0.311 e. The first-order valence-corrected chi connectivity index (χ1v) is 13.9. The van der Waals surface area contributed by atoms with Gasteiger partial charge in [-0.1, -0.05) is 97.7 Å². The maximum absolute atomic E-state index is 14.0. The number of benzene rings is 4. The minimum atomic E-state index is -1.22. The van der Waals surface area contributed by atoms with Crippen LogP contribution in [0.25, 0.3) is 0 Å². The number of halogens is 2. The molecular weight excluding hydrogens is 559 g/mol. The van der Waals surface area contributed by atoms with E-state index in [1.807, 2.05) is 74.5 Å². The topological polar surface area (TPSA) is 61.8 Å². The minimum Gasteiger partial charge on any atom is -0.457 e. The van der Waals surface area contributed by atoms with Gasteiger partial charge < -0.3 is 14.2 Å². The van der Waals surface area contributed by atoms with E-state index in [1.165, 1.54) is 0 Å². The largest absolute Gasteiger partial charge is 0.457 e. The predicted octanol–water partition coefficient (Wildman–Crippen LogP) is 9.33. The van der Waals surface area contributed by atoms with Crippen molar-refractivity contribution in [2.45, 2.75) is 20.0 Å². The third-order valence-electron chi connectivity index (χ3n) is 7.18. The van der Waals surface area contributed by atoms with Gasteiger partial charge in [-0.25, -0.2) is 0 Å². The molecule has 0 N–H and O–H groups in total. The quantitative estimate of drug-likeness (QED) is 0.137. The van der Waals surface area contributed by atoms with E-state index < -0.39 is 29.2 Å². The van der Waals surface area contributed by atoms with Crippen molar-refractivity contribution in [2.75, 3.05) is 0 Å². The van der Waals surface area contributed by atoms with E-state index in [9.17, 15) is 9.59 Å². The van der Waals surface area contributed by atoms with Gasteiger partial charge in [-0.2, -0.15) is 0 Å². The number of hydrogen-bond acceptors (Lipinski definition) is 5. The van der Waals surface area contributed by atoms with E-state index in [1.54, 1.807) is 54.6 Å². The van der Waals surface area contributed by atoms with Gasteiger partial charge in [0.15, 0.2) is 6.10 Å². The molecule has 1 saturated carbocycles. The Hall–Kier alpha value is -4.06. The average molecular weight is 587 g/mol. The van der Waals surface area contributed by atoms with E-state index in [-0.39, 0.29) is 10.4 Å². The summed E-state index contributed by atoms with van der Waals surface area (Å²) in [6.07, 6.45) is 0.422. The second-order valence-corrected chi connectivity index (χ2v) is 11.4. The summed E-state index contributed by atoms with van der Waals surface area (Å²) in [7, 11) is 0. The summed E-state index contributed by atoms with van der Waals surface area (Å²) in [5, 5.41) is 0. The maximum atomic E-state index is 14.0. The molecule has 5 rings (SSSR count). The Labute approximate surface area is 249 Å². The van der Waals surface area contributed by atoms with Crippen LogP contribution in [0.5, 0.6) is 23.0 Å². The number of rotatable bonds is 10. The van der Waals surface area contributed by atoms with Gasteiger partial charge in [0, 0.05) is 11.1 Å². The number of carbonyl (C=O) groups excluding carboxylic acids is 2. The molecular formula is C34H28Cl2O5. The molecule has 1 aliphatic rings. The van der Waals surface area contributed by atoms with Gasteiger partial charge in [0.25, 0.3) is 0 Å². The SMILES string of the molecule is CC1(C)[C@@H](C=C(Cl)Cl)[C@@H]1C(=O)O[C@H](C(=O)c1cccc(Oc2ccccc2)c1)c1cccc(Oc2ccccc2)c1. The number of Topliss-reactive ketones (excluding diaryl/α,β-unsaturated/α-hetero) is 1. The van der Waals surface area contributed by atoms with Gasteiger partial charge in [-0.15, -0.1) is 0 Å². The molecule has 0 unspecified atom stereocenters. The summed E-state index contributed by atoms with van der Waals surface area (Å²) in [6.45, 7) is 3.87. The normalized spacial score (nSPS) is 17.6. The van der Waals surface area contributed by atoms with Crippen molar-refractivity contribution in [3.8, 4) is 23.0 Å². The molecule has 41 heavy (non-hydrogen) atoms. The molecule has 1 fully saturated rings. The molecule has 0 aromatic heterocycles. The Morgan fingerprint density at radius 1 is 0.732 bits per heavy atom. The number of esters is 1. The zero-order valence-corrected chi connectivity index (χ0v) is 24.0. The van der Waals surface area contributed by atoms with Gasteiger partial charge in [0.1, 0.15) is 27.5 Å². The van der Waals surface area contributed by atoms with Crippen LogP contribution in [0, 0.1) is 17.3 Å². The third-order valence-corrected chi connectivity index (χ3v) is 7.43. The lowest BCUT2D eigenvalue weighted by Crippen LogP contribution is -2.22. The molecule has 0 saturated heterocycles. The monoisotopic (exact) mass is 586 g/mol. The lowest BCUT2D eigenvalue weighted by atomic mass is 9.99. The van der Waals surface area contributed by atoms with Crippen molar-refractivity contribution >= 4 is 35.0 Å². The third kappa shape index (κ3) is 6.82. The van der Waals surface area contributed by atoms with Gasteiger partial charge in [-0.05, 0) is 65.9 Å². The molecule has 7 heteroatoms. The molecule has 0 bridgehead atoms. The Kier molecular flexibility index (Phi) is 8.48. The Bertz CT molecular complexity index is 1560. The molecule has 1 aliphatic carbocycles. The molecule has 4 aromatic carbocycles. The number of ketones is 1.